The van der Waals surface area contributed by atoms with E-state index in [2.05, 4.69) is 0 Å². The highest BCUT2D eigenvalue weighted by atomic mass is 35.5. The lowest BCUT2D eigenvalue weighted by Gasteiger charge is -2.18. The van der Waals surface area contributed by atoms with Crippen LogP contribution in [0.4, 0.5) is 0 Å². The van der Waals surface area contributed by atoms with Crippen LogP contribution >= 0.6 is 11.6 Å². The first-order chi connectivity index (χ1) is 7.60. The molecule has 0 fully saturated rings. The summed E-state index contributed by atoms with van der Waals surface area (Å²) in [5, 5.41) is 9.60. The van der Waals surface area contributed by atoms with E-state index in [1.807, 2.05) is 13.8 Å². The predicted octanol–water partition coefficient (Wildman–Crippen LogP) is 2.67. The summed E-state index contributed by atoms with van der Waals surface area (Å²) in [5.41, 5.74) is 0.789. The summed E-state index contributed by atoms with van der Waals surface area (Å²) in [5.74, 6) is 1.26. The van der Waals surface area contributed by atoms with Crippen LogP contribution in [0.25, 0.3) is 0 Å². The van der Waals surface area contributed by atoms with E-state index in [0.717, 1.165) is 5.56 Å². The molecule has 0 heterocycles. The molecule has 4 heteroatoms. The van der Waals surface area contributed by atoms with Crippen molar-refractivity contribution >= 4 is 11.6 Å². The maximum atomic E-state index is 9.01. The van der Waals surface area contributed by atoms with Crippen LogP contribution in [0, 0.1) is 0 Å². The summed E-state index contributed by atoms with van der Waals surface area (Å²) in [7, 11) is 1.58. The molecule has 1 N–H and O–H groups in total. The molecule has 3 nitrogen and oxygen atoms in total. The number of benzene rings is 1. The van der Waals surface area contributed by atoms with E-state index in [4.69, 9.17) is 26.2 Å². The number of hydrogen-bond acceptors (Lipinski definition) is 3. The topological polar surface area (TPSA) is 38.7 Å². The lowest BCUT2D eigenvalue weighted by atomic mass is 10.1. The van der Waals surface area contributed by atoms with Crippen LogP contribution in [0.3, 0.4) is 0 Å². The number of ether oxygens (including phenoxy) is 2. The molecule has 0 bridgehead atoms. The van der Waals surface area contributed by atoms with Gasteiger partial charge in [0.15, 0.2) is 11.5 Å². The van der Waals surface area contributed by atoms with E-state index >= 15 is 0 Å². The standard InChI is InChI=1S/C12H17ClO3/c1-8(2)16-12-9(6-7-14)10(13)4-5-11(12)15-3/h4-5,8,14H,6-7H2,1-3H3. The van der Waals surface area contributed by atoms with E-state index in [-0.39, 0.29) is 12.7 Å². The van der Waals surface area contributed by atoms with Crippen molar-refractivity contribution in [3.63, 3.8) is 0 Å². The van der Waals surface area contributed by atoms with E-state index in [1.165, 1.54) is 0 Å². The molecular weight excluding hydrogens is 228 g/mol. The second-order valence-corrected chi connectivity index (χ2v) is 4.10. The molecule has 90 valence electrons. The van der Waals surface area contributed by atoms with Crippen molar-refractivity contribution in [1.82, 2.24) is 0 Å². The van der Waals surface area contributed by atoms with Crippen molar-refractivity contribution in [2.75, 3.05) is 13.7 Å². The zero-order valence-electron chi connectivity index (χ0n) is 9.79. The molecule has 1 rings (SSSR count). The maximum absolute atomic E-state index is 9.01. The Labute approximate surface area is 101 Å². The molecule has 0 saturated carbocycles. The van der Waals surface area contributed by atoms with Gasteiger partial charge in [-0.25, -0.2) is 0 Å². The summed E-state index contributed by atoms with van der Waals surface area (Å²) in [6, 6.07) is 3.51. The van der Waals surface area contributed by atoms with Gasteiger partial charge < -0.3 is 14.6 Å². The Balaban J connectivity index is 3.18. The Morgan fingerprint density at radius 1 is 1.38 bits per heavy atom. The van der Waals surface area contributed by atoms with Crippen LogP contribution in [-0.4, -0.2) is 24.9 Å². The van der Waals surface area contributed by atoms with Crippen molar-refractivity contribution in [2.45, 2.75) is 26.4 Å². The van der Waals surface area contributed by atoms with E-state index in [0.29, 0.717) is 22.9 Å². The Hall–Kier alpha value is -0.930. The van der Waals surface area contributed by atoms with Gasteiger partial charge in [-0.05, 0) is 26.0 Å². The highest BCUT2D eigenvalue weighted by Crippen LogP contribution is 2.36. The summed E-state index contributed by atoms with van der Waals surface area (Å²) in [4.78, 5) is 0. The van der Waals surface area contributed by atoms with Gasteiger partial charge in [-0.3, -0.25) is 0 Å². The van der Waals surface area contributed by atoms with Gasteiger partial charge in [0.1, 0.15) is 0 Å². The number of aliphatic hydroxyl groups excluding tert-OH is 1. The number of hydrogen-bond donors (Lipinski definition) is 1. The second-order valence-electron chi connectivity index (χ2n) is 3.70. The van der Waals surface area contributed by atoms with E-state index in [1.54, 1.807) is 19.2 Å². The van der Waals surface area contributed by atoms with Crippen molar-refractivity contribution in [3.05, 3.63) is 22.7 Å². The average Bonchev–Trinajstić information content (AvgIpc) is 2.23. The van der Waals surface area contributed by atoms with Gasteiger partial charge in [0.25, 0.3) is 0 Å². The normalized spacial score (nSPS) is 10.6. The molecule has 0 amide bonds. The molecule has 0 aromatic heterocycles. The molecule has 0 saturated heterocycles. The first kappa shape index (κ1) is 13.1. The average molecular weight is 245 g/mol. The lowest BCUT2D eigenvalue weighted by Crippen LogP contribution is -2.10. The third-order valence-corrected chi connectivity index (χ3v) is 2.46. The molecule has 1 aromatic carbocycles. The van der Waals surface area contributed by atoms with Gasteiger partial charge in [0.2, 0.25) is 0 Å². The van der Waals surface area contributed by atoms with Crippen LogP contribution in [0.5, 0.6) is 11.5 Å². The fraction of sp³-hybridized carbons (Fsp3) is 0.500. The van der Waals surface area contributed by atoms with Crippen LogP contribution < -0.4 is 9.47 Å². The number of rotatable bonds is 5. The molecule has 16 heavy (non-hydrogen) atoms. The smallest absolute Gasteiger partial charge is 0.166 e. The molecule has 0 aliphatic carbocycles. The van der Waals surface area contributed by atoms with Gasteiger partial charge in [-0.15, -0.1) is 0 Å². The fourth-order valence-corrected chi connectivity index (χ4v) is 1.70. The van der Waals surface area contributed by atoms with Gasteiger partial charge >= 0.3 is 0 Å². The zero-order chi connectivity index (χ0) is 12.1. The van der Waals surface area contributed by atoms with E-state index in [9.17, 15) is 0 Å². The van der Waals surface area contributed by atoms with Crippen molar-refractivity contribution in [2.24, 2.45) is 0 Å². The third-order valence-electron chi connectivity index (χ3n) is 2.10. The van der Waals surface area contributed by atoms with Gasteiger partial charge in [-0.1, -0.05) is 11.6 Å². The maximum Gasteiger partial charge on any atom is 0.166 e. The quantitative estimate of drug-likeness (QED) is 0.866. The number of halogens is 1. The van der Waals surface area contributed by atoms with Crippen LogP contribution in [-0.2, 0) is 6.42 Å². The summed E-state index contributed by atoms with van der Waals surface area (Å²) in [6.45, 7) is 3.90. The number of methoxy groups -OCH3 is 1. The molecule has 0 spiro atoms. The molecule has 0 unspecified atom stereocenters. The second kappa shape index (κ2) is 5.97. The molecule has 0 aliphatic rings. The summed E-state index contributed by atoms with van der Waals surface area (Å²) < 4.78 is 10.9. The Bertz CT molecular complexity index is 350. The van der Waals surface area contributed by atoms with Crippen molar-refractivity contribution < 1.29 is 14.6 Å². The highest BCUT2D eigenvalue weighted by molar-refractivity contribution is 6.31. The minimum atomic E-state index is 0.0291. The fourth-order valence-electron chi connectivity index (χ4n) is 1.45. The lowest BCUT2D eigenvalue weighted by molar-refractivity contribution is 0.225. The minimum absolute atomic E-state index is 0.0291. The molecule has 0 atom stereocenters. The zero-order valence-corrected chi connectivity index (χ0v) is 10.5. The third kappa shape index (κ3) is 3.03. The SMILES string of the molecule is COc1ccc(Cl)c(CCO)c1OC(C)C. The first-order valence-corrected chi connectivity index (χ1v) is 5.60. The largest absolute Gasteiger partial charge is 0.493 e. The van der Waals surface area contributed by atoms with Crippen LogP contribution in [0.2, 0.25) is 5.02 Å². The van der Waals surface area contributed by atoms with Crippen molar-refractivity contribution in [3.8, 4) is 11.5 Å². The molecule has 0 radical (unpaired) electrons. The Kier molecular flexibility index (Phi) is 4.90. The van der Waals surface area contributed by atoms with Crippen LogP contribution in [0.15, 0.2) is 12.1 Å². The minimum Gasteiger partial charge on any atom is -0.493 e. The Morgan fingerprint density at radius 2 is 2.06 bits per heavy atom. The predicted molar refractivity (Wildman–Crippen MR) is 64.6 cm³/mol. The van der Waals surface area contributed by atoms with E-state index < -0.39 is 0 Å². The summed E-state index contributed by atoms with van der Waals surface area (Å²) in [6.07, 6.45) is 0.489. The monoisotopic (exact) mass is 244 g/mol. The van der Waals surface area contributed by atoms with Crippen LogP contribution in [0.1, 0.15) is 19.4 Å². The van der Waals surface area contributed by atoms with Gasteiger partial charge in [0.05, 0.1) is 13.2 Å². The van der Waals surface area contributed by atoms with Gasteiger partial charge in [0, 0.05) is 23.6 Å². The Morgan fingerprint density at radius 3 is 2.56 bits per heavy atom. The first-order valence-electron chi connectivity index (χ1n) is 5.23. The highest BCUT2D eigenvalue weighted by Gasteiger charge is 2.15. The summed E-state index contributed by atoms with van der Waals surface area (Å²) >= 11 is 6.07. The number of aliphatic hydroxyl groups is 1. The molecule has 1 aromatic rings. The molecular formula is C12H17ClO3. The van der Waals surface area contributed by atoms with Crippen molar-refractivity contribution in [1.29, 1.82) is 0 Å². The molecule has 0 aliphatic heterocycles. The van der Waals surface area contributed by atoms with Gasteiger partial charge in [-0.2, -0.15) is 0 Å².